The minimum Gasteiger partial charge on any atom is -0.465 e. The predicted octanol–water partition coefficient (Wildman–Crippen LogP) is 6.64. The summed E-state index contributed by atoms with van der Waals surface area (Å²) in [5.41, 5.74) is 0.285. The third kappa shape index (κ3) is 14.8. The van der Waals surface area contributed by atoms with Crippen molar-refractivity contribution in [2.75, 3.05) is 81.6 Å². The summed E-state index contributed by atoms with van der Waals surface area (Å²) < 4.78 is 55.3. The monoisotopic (exact) mass is 1210 g/mol. The van der Waals surface area contributed by atoms with Gasteiger partial charge in [0.15, 0.2) is 0 Å². The maximum Gasteiger partial charge on any atom is 0.410 e. The summed E-state index contributed by atoms with van der Waals surface area (Å²) in [5, 5.41) is 20.7. The second kappa shape index (κ2) is 26.9. The summed E-state index contributed by atoms with van der Waals surface area (Å²) in [5.74, 6) is -7.13. The number of carbonyl (C=O) groups is 8. The van der Waals surface area contributed by atoms with Gasteiger partial charge in [0, 0.05) is 75.8 Å². The smallest absolute Gasteiger partial charge is 0.410 e. The fourth-order valence-electron chi connectivity index (χ4n) is 11.6. The van der Waals surface area contributed by atoms with Crippen LogP contribution >= 0.6 is 0 Å². The Labute approximate surface area is 504 Å². The fourth-order valence-corrected chi connectivity index (χ4v) is 11.6. The van der Waals surface area contributed by atoms with Gasteiger partial charge in [-0.15, -0.1) is 0 Å². The van der Waals surface area contributed by atoms with Crippen LogP contribution in [0, 0.1) is 23.4 Å². The van der Waals surface area contributed by atoms with Crippen molar-refractivity contribution < 1.29 is 66.1 Å². The number of hydrogen-bond donors (Lipinski definition) is 5. The second-order valence-corrected chi connectivity index (χ2v) is 24.5. The largest absolute Gasteiger partial charge is 0.465 e. The Morgan fingerprint density at radius 1 is 0.862 bits per heavy atom. The molecule has 3 unspecified atom stereocenters. The highest BCUT2D eigenvalue weighted by Crippen LogP contribution is 2.43. The van der Waals surface area contributed by atoms with Crippen molar-refractivity contribution >= 4 is 64.7 Å². The standard InChI is InChI=1S/C63H79F3N10O11/c1-11-36(2)53(69-56(79)39(5)71(10)61(85)87-62(6,7)8)58(81)75-30-42-18-21-44(27-46(42)55(75)57(80)70-54-48(65)13-12-14-49(54)66)68-51(77)28-67-59(82)63(9)35-76(50-26-41(17-22-47(50)63)25-40-15-19-43(64)20-16-40)52(78)33-73-29-37(3)74(60(83)84)32-45(73)31-72-23-24-86-34-38(72)4/h12-22,26-27,36-39,45,53,55H,11,23-25,28-35H2,1-10H3,(H,67,82)(H,68,77)(H,69,79)(H,70,80)(H,83,84)/t36?,37-,38-,39?,45+,53?,55+,63-/m1/s1. The van der Waals surface area contributed by atoms with E-state index in [0.29, 0.717) is 56.0 Å². The van der Waals surface area contributed by atoms with E-state index in [9.17, 15) is 47.9 Å². The third-order valence-corrected chi connectivity index (χ3v) is 17.0. The van der Waals surface area contributed by atoms with Crippen LogP contribution in [0.15, 0.2) is 78.9 Å². The number of nitrogens with one attached hydrogen (secondary N) is 4. The number of benzene rings is 4. The van der Waals surface area contributed by atoms with E-state index in [2.05, 4.69) is 26.2 Å². The summed E-state index contributed by atoms with van der Waals surface area (Å²) in [4.78, 5) is 121. The molecule has 4 aliphatic rings. The topological polar surface area (TPSA) is 243 Å². The lowest BCUT2D eigenvalue weighted by molar-refractivity contribution is -0.143. The lowest BCUT2D eigenvalue weighted by Crippen LogP contribution is -2.64. The highest BCUT2D eigenvalue weighted by Gasteiger charge is 2.49. The number of piperazine rings is 1. The highest BCUT2D eigenvalue weighted by atomic mass is 19.1. The molecule has 8 amide bonds. The molecule has 8 rings (SSSR count). The van der Waals surface area contributed by atoms with E-state index >= 15 is 8.78 Å². The Morgan fingerprint density at radius 3 is 2.21 bits per heavy atom. The number of likely N-dealkylation sites (N-methyl/N-ethyl adjacent to an activating group) is 1. The number of morpholine rings is 1. The first-order valence-electron chi connectivity index (χ1n) is 29.3. The molecule has 8 atom stereocenters. The number of nitrogens with zero attached hydrogens (tertiary/aromatic N) is 6. The summed E-state index contributed by atoms with van der Waals surface area (Å²) in [6.45, 7) is 17.2. The number of hydrogen-bond acceptors (Lipinski definition) is 12. The van der Waals surface area contributed by atoms with Gasteiger partial charge in [0.05, 0.1) is 31.7 Å². The van der Waals surface area contributed by atoms with E-state index in [4.69, 9.17) is 9.47 Å². The first-order valence-corrected chi connectivity index (χ1v) is 29.3. The third-order valence-electron chi connectivity index (χ3n) is 17.0. The maximum absolute atomic E-state index is 15.1. The van der Waals surface area contributed by atoms with Gasteiger partial charge in [-0.05, 0) is 131 Å². The molecule has 0 aromatic heterocycles. The molecule has 0 aliphatic carbocycles. The number of carboxylic acid groups (broad SMARTS) is 1. The van der Waals surface area contributed by atoms with Crippen molar-refractivity contribution in [2.24, 2.45) is 5.92 Å². The zero-order valence-electron chi connectivity index (χ0n) is 50.9. The average molecular weight is 1210 g/mol. The number of halogens is 3. The van der Waals surface area contributed by atoms with Gasteiger partial charge in [-0.3, -0.25) is 43.5 Å². The molecule has 2 saturated heterocycles. The zero-order chi connectivity index (χ0) is 63.4. The van der Waals surface area contributed by atoms with Crippen molar-refractivity contribution in [3.8, 4) is 0 Å². The molecular formula is C63H79F3N10O11. The number of carbonyl (C=O) groups excluding carboxylic acids is 7. The second-order valence-electron chi connectivity index (χ2n) is 24.5. The van der Waals surface area contributed by atoms with Gasteiger partial charge in [-0.25, -0.2) is 22.8 Å². The van der Waals surface area contributed by atoms with Crippen LogP contribution in [-0.2, 0) is 56.6 Å². The van der Waals surface area contributed by atoms with Crippen LogP contribution < -0.4 is 26.2 Å². The number of ether oxygens (including phenoxy) is 2. The summed E-state index contributed by atoms with van der Waals surface area (Å²) in [6.07, 6.45) is -1.07. The first-order chi connectivity index (χ1) is 41.1. The molecule has 0 radical (unpaired) electrons. The average Bonchev–Trinajstić information content (AvgIpc) is 2.74. The molecule has 468 valence electrons. The van der Waals surface area contributed by atoms with Crippen LogP contribution in [0.4, 0.5) is 39.8 Å². The number of amides is 8. The Hall–Kier alpha value is -8.09. The molecule has 0 bridgehead atoms. The van der Waals surface area contributed by atoms with Crippen LogP contribution in [0.25, 0.3) is 0 Å². The van der Waals surface area contributed by atoms with Crippen molar-refractivity contribution in [3.05, 3.63) is 124 Å². The minimum atomic E-state index is -1.56. The van der Waals surface area contributed by atoms with Gasteiger partial charge in [0.2, 0.25) is 29.5 Å². The number of anilines is 3. The molecule has 4 aromatic carbocycles. The quantitative estimate of drug-likeness (QED) is 0.0703. The van der Waals surface area contributed by atoms with Crippen LogP contribution in [0.3, 0.4) is 0 Å². The van der Waals surface area contributed by atoms with Crippen molar-refractivity contribution in [1.82, 2.24) is 35.1 Å². The van der Waals surface area contributed by atoms with Gasteiger partial charge in [0.25, 0.3) is 5.91 Å². The predicted molar refractivity (Wildman–Crippen MR) is 318 cm³/mol. The van der Waals surface area contributed by atoms with E-state index in [1.807, 2.05) is 24.0 Å². The maximum atomic E-state index is 15.1. The van der Waals surface area contributed by atoms with E-state index in [1.165, 1.54) is 48.0 Å². The van der Waals surface area contributed by atoms with Crippen LogP contribution in [0.5, 0.6) is 0 Å². The Bertz CT molecular complexity index is 3250. The molecule has 4 aliphatic heterocycles. The number of fused-ring (bicyclic) bond motifs is 2. The van der Waals surface area contributed by atoms with E-state index in [-0.39, 0.29) is 62.0 Å². The van der Waals surface area contributed by atoms with Crippen LogP contribution in [0.1, 0.15) is 103 Å². The summed E-state index contributed by atoms with van der Waals surface area (Å²) >= 11 is 0. The SMILES string of the molecule is CCC(C)C(NC(=O)C(C)N(C)C(=O)OC(C)(C)C)C(=O)N1Cc2ccc(NC(=O)CNC(=O)[C@]3(C)CN(C(=O)CN4C[C@@H](C)N(C(=O)O)C[C@@H]4CN4CCOC[C@H]4C)c4cc(Cc5ccc(F)cc5)ccc43)cc2[C@H]1C(=O)Nc1c(F)cccc1F. The molecule has 21 nitrogen and oxygen atoms in total. The number of para-hydroxylation sites is 1. The molecule has 0 saturated carbocycles. The van der Waals surface area contributed by atoms with Gasteiger partial charge < -0.3 is 50.5 Å². The Morgan fingerprint density at radius 2 is 1.55 bits per heavy atom. The molecule has 24 heteroatoms. The van der Waals surface area contributed by atoms with Gasteiger partial charge >= 0.3 is 12.2 Å². The van der Waals surface area contributed by atoms with E-state index in [0.717, 1.165) is 34.2 Å². The van der Waals surface area contributed by atoms with Crippen molar-refractivity contribution in [1.29, 1.82) is 0 Å². The fraction of sp³-hybridized carbons (Fsp3) is 0.492. The molecule has 4 aromatic rings. The van der Waals surface area contributed by atoms with E-state index < -0.39 is 113 Å². The van der Waals surface area contributed by atoms with Gasteiger partial charge in [0.1, 0.15) is 46.9 Å². The lowest BCUT2D eigenvalue weighted by atomic mass is 9.83. The molecule has 4 heterocycles. The van der Waals surface area contributed by atoms with Crippen molar-refractivity contribution in [3.63, 3.8) is 0 Å². The molecule has 5 N–H and O–H groups in total. The van der Waals surface area contributed by atoms with Crippen LogP contribution in [0.2, 0.25) is 0 Å². The summed E-state index contributed by atoms with van der Waals surface area (Å²) in [6, 6.07) is 14.4. The summed E-state index contributed by atoms with van der Waals surface area (Å²) in [7, 11) is 1.38. The van der Waals surface area contributed by atoms with Crippen LogP contribution in [-0.4, -0.2) is 179 Å². The normalized spacial score (nSPS) is 21.4. The molecule has 87 heavy (non-hydrogen) atoms. The number of rotatable bonds is 18. The Balaban J connectivity index is 1.02. The van der Waals surface area contributed by atoms with Crippen molar-refractivity contribution in [2.45, 2.75) is 129 Å². The molecule has 2 fully saturated rings. The lowest BCUT2D eigenvalue weighted by Gasteiger charge is -2.47. The zero-order valence-corrected chi connectivity index (χ0v) is 50.9. The Kier molecular flexibility index (Phi) is 20.1. The molecule has 0 spiro atoms. The minimum absolute atomic E-state index is 0.0682. The van der Waals surface area contributed by atoms with Gasteiger partial charge in [-0.2, -0.15) is 0 Å². The highest BCUT2D eigenvalue weighted by molar-refractivity contribution is 6.05. The van der Waals surface area contributed by atoms with Gasteiger partial charge in [-0.1, -0.05) is 56.7 Å². The first kappa shape index (κ1) is 64.9. The molecular weight excluding hydrogens is 1130 g/mol. The van der Waals surface area contributed by atoms with E-state index in [1.54, 1.807) is 77.6 Å².